The number of hydrogen-bond donors (Lipinski definition) is 2. The highest BCUT2D eigenvalue weighted by molar-refractivity contribution is 5.96. The van der Waals surface area contributed by atoms with Crippen LogP contribution in [-0.2, 0) is 4.74 Å². The first-order chi connectivity index (χ1) is 8.72. The summed E-state index contributed by atoms with van der Waals surface area (Å²) in [6.45, 7) is 3.57. The van der Waals surface area contributed by atoms with Crippen molar-refractivity contribution >= 4 is 11.6 Å². The molecule has 0 aliphatic carbocycles. The van der Waals surface area contributed by atoms with E-state index in [0.717, 1.165) is 42.9 Å². The molecule has 4 heteroatoms. The van der Waals surface area contributed by atoms with Gasteiger partial charge in [-0.3, -0.25) is 4.79 Å². The topological polar surface area (TPSA) is 50.4 Å². The summed E-state index contributed by atoms with van der Waals surface area (Å²) >= 11 is 0. The lowest BCUT2D eigenvalue weighted by atomic mass is 10.0. The smallest absolute Gasteiger partial charge is 0.251 e. The monoisotopic (exact) mass is 248 g/mol. The van der Waals surface area contributed by atoms with E-state index in [4.69, 9.17) is 4.74 Å². The molecular formula is C14H20N2O2. The molecule has 1 heterocycles. The van der Waals surface area contributed by atoms with Crippen molar-refractivity contribution in [2.45, 2.75) is 25.8 Å². The fourth-order valence-electron chi connectivity index (χ4n) is 2.25. The van der Waals surface area contributed by atoms with Crippen LogP contribution in [0.1, 0.15) is 28.8 Å². The van der Waals surface area contributed by atoms with Gasteiger partial charge in [-0.25, -0.2) is 0 Å². The van der Waals surface area contributed by atoms with E-state index in [1.807, 2.05) is 25.1 Å². The molecule has 0 saturated carbocycles. The quantitative estimate of drug-likeness (QED) is 0.859. The van der Waals surface area contributed by atoms with Crippen LogP contribution < -0.4 is 10.6 Å². The molecule has 0 radical (unpaired) electrons. The molecule has 18 heavy (non-hydrogen) atoms. The second kappa shape index (κ2) is 5.87. The average molecular weight is 248 g/mol. The third kappa shape index (κ3) is 2.82. The van der Waals surface area contributed by atoms with Crippen molar-refractivity contribution in [2.24, 2.45) is 0 Å². The number of carbonyl (C=O) groups excluding carboxylic acids is 1. The van der Waals surface area contributed by atoms with E-state index in [9.17, 15) is 4.79 Å². The van der Waals surface area contributed by atoms with E-state index in [1.54, 1.807) is 7.05 Å². The number of anilines is 1. The summed E-state index contributed by atoms with van der Waals surface area (Å²) in [6, 6.07) is 6.11. The highest BCUT2D eigenvalue weighted by Crippen LogP contribution is 2.21. The summed E-state index contributed by atoms with van der Waals surface area (Å²) in [5.74, 6) is -0.0453. The summed E-state index contributed by atoms with van der Waals surface area (Å²) in [7, 11) is 1.65. The van der Waals surface area contributed by atoms with E-state index in [2.05, 4.69) is 10.6 Å². The van der Waals surface area contributed by atoms with Gasteiger partial charge in [0.15, 0.2) is 0 Å². The van der Waals surface area contributed by atoms with Crippen molar-refractivity contribution in [1.82, 2.24) is 5.32 Å². The Bertz CT molecular complexity index is 426. The molecule has 1 fully saturated rings. The van der Waals surface area contributed by atoms with Crippen LogP contribution in [-0.4, -0.2) is 32.2 Å². The zero-order chi connectivity index (χ0) is 13.0. The van der Waals surface area contributed by atoms with Gasteiger partial charge in [0.25, 0.3) is 5.91 Å². The molecule has 1 aliphatic heterocycles. The molecule has 0 spiro atoms. The van der Waals surface area contributed by atoms with Crippen molar-refractivity contribution in [3.05, 3.63) is 29.3 Å². The lowest BCUT2D eigenvalue weighted by Crippen LogP contribution is -2.30. The molecule has 2 rings (SSSR count). The molecule has 1 saturated heterocycles. The van der Waals surface area contributed by atoms with E-state index in [0.29, 0.717) is 6.04 Å². The van der Waals surface area contributed by atoms with Crippen LogP contribution in [0.25, 0.3) is 0 Å². The second-order valence-electron chi connectivity index (χ2n) is 4.62. The minimum atomic E-state index is -0.0453. The number of hydrogen-bond acceptors (Lipinski definition) is 3. The Labute approximate surface area is 108 Å². The molecule has 1 atom stereocenters. The Morgan fingerprint density at radius 3 is 2.94 bits per heavy atom. The molecule has 0 bridgehead atoms. The lowest BCUT2D eigenvalue weighted by Gasteiger charge is -2.25. The predicted octanol–water partition coefficient (Wildman–Crippen LogP) is 1.95. The van der Waals surface area contributed by atoms with Crippen LogP contribution in [0.5, 0.6) is 0 Å². The maximum atomic E-state index is 11.7. The Kier molecular flexibility index (Phi) is 4.20. The van der Waals surface area contributed by atoms with Crippen LogP contribution in [0.15, 0.2) is 18.2 Å². The highest BCUT2D eigenvalue weighted by Gasteiger charge is 2.16. The number of ether oxygens (including phenoxy) is 1. The summed E-state index contributed by atoms with van der Waals surface area (Å²) in [5.41, 5.74) is 2.73. The van der Waals surface area contributed by atoms with Gasteiger partial charge < -0.3 is 15.4 Å². The second-order valence-corrected chi connectivity index (χ2v) is 4.62. The number of amides is 1. The van der Waals surface area contributed by atoms with Gasteiger partial charge in [-0.15, -0.1) is 0 Å². The number of benzene rings is 1. The number of rotatable bonds is 3. The minimum absolute atomic E-state index is 0.0453. The molecule has 0 aromatic heterocycles. The van der Waals surface area contributed by atoms with Gasteiger partial charge >= 0.3 is 0 Å². The lowest BCUT2D eigenvalue weighted by molar-refractivity contribution is 0.0876. The van der Waals surface area contributed by atoms with Gasteiger partial charge in [-0.2, -0.15) is 0 Å². The first kappa shape index (κ1) is 12.9. The van der Waals surface area contributed by atoms with E-state index in [-0.39, 0.29) is 5.91 Å². The van der Waals surface area contributed by atoms with Gasteiger partial charge in [0.2, 0.25) is 0 Å². The fraction of sp³-hybridized carbons (Fsp3) is 0.500. The first-order valence-electron chi connectivity index (χ1n) is 6.38. The predicted molar refractivity (Wildman–Crippen MR) is 72.0 cm³/mol. The Hall–Kier alpha value is -1.55. The van der Waals surface area contributed by atoms with Crippen molar-refractivity contribution < 1.29 is 9.53 Å². The molecule has 98 valence electrons. The third-order valence-corrected chi connectivity index (χ3v) is 3.33. The maximum absolute atomic E-state index is 11.7. The average Bonchev–Trinajstić information content (AvgIpc) is 2.41. The highest BCUT2D eigenvalue weighted by atomic mass is 16.5. The van der Waals surface area contributed by atoms with Crippen LogP contribution >= 0.6 is 0 Å². The maximum Gasteiger partial charge on any atom is 0.251 e. The van der Waals surface area contributed by atoms with Crippen molar-refractivity contribution in [3.63, 3.8) is 0 Å². The van der Waals surface area contributed by atoms with E-state index >= 15 is 0 Å². The van der Waals surface area contributed by atoms with Gasteiger partial charge in [0.05, 0.1) is 6.61 Å². The van der Waals surface area contributed by atoms with Gasteiger partial charge in [0, 0.05) is 30.9 Å². The normalized spacial score (nSPS) is 19.3. The summed E-state index contributed by atoms with van der Waals surface area (Å²) in [4.78, 5) is 11.7. The van der Waals surface area contributed by atoms with Crippen LogP contribution in [0.3, 0.4) is 0 Å². The van der Waals surface area contributed by atoms with Gasteiger partial charge in [0.1, 0.15) is 0 Å². The standard InChI is InChI=1S/C14H20N2O2/c1-10-12(14(17)15-2)6-3-7-13(10)16-11-5-4-8-18-9-11/h3,6-7,11,16H,4-5,8-9H2,1-2H3,(H,15,17). The Balaban J connectivity index is 2.15. The molecule has 1 amide bonds. The van der Waals surface area contributed by atoms with E-state index in [1.165, 1.54) is 0 Å². The molecule has 1 aliphatic rings. The molecular weight excluding hydrogens is 228 g/mol. The number of nitrogens with one attached hydrogen (secondary N) is 2. The first-order valence-corrected chi connectivity index (χ1v) is 6.38. The molecule has 4 nitrogen and oxygen atoms in total. The van der Waals surface area contributed by atoms with E-state index < -0.39 is 0 Å². The van der Waals surface area contributed by atoms with Gasteiger partial charge in [-0.1, -0.05) is 6.07 Å². The fourth-order valence-corrected chi connectivity index (χ4v) is 2.25. The zero-order valence-corrected chi connectivity index (χ0v) is 11.0. The van der Waals surface area contributed by atoms with Crippen LogP contribution in [0, 0.1) is 6.92 Å². The Morgan fingerprint density at radius 2 is 2.28 bits per heavy atom. The van der Waals surface area contributed by atoms with Crippen LogP contribution in [0.2, 0.25) is 0 Å². The van der Waals surface area contributed by atoms with Crippen molar-refractivity contribution in [1.29, 1.82) is 0 Å². The summed E-state index contributed by atoms with van der Waals surface area (Å²) in [6.07, 6.45) is 2.20. The minimum Gasteiger partial charge on any atom is -0.380 e. The largest absolute Gasteiger partial charge is 0.380 e. The summed E-state index contributed by atoms with van der Waals surface area (Å²) in [5, 5.41) is 6.13. The molecule has 2 N–H and O–H groups in total. The number of carbonyl (C=O) groups is 1. The van der Waals surface area contributed by atoms with Crippen molar-refractivity contribution in [3.8, 4) is 0 Å². The zero-order valence-electron chi connectivity index (χ0n) is 11.0. The Morgan fingerprint density at radius 1 is 1.44 bits per heavy atom. The van der Waals surface area contributed by atoms with Crippen molar-refractivity contribution in [2.75, 3.05) is 25.6 Å². The summed E-state index contributed by atoms with van der Waals surface area (Å²) < 4.78 is 5.45. The molecule has 1 unspecified atom stereocenters. The SMILES string of the molecule is CNC(=O)c1cccc(NC2CCCOC2)c1C. The third-order valence-electron chi connectivity index (χ3n) is 3.33. The van der Waals surface area contributed by atoms with Crippen LogP contribution in [0.4, 0.5) is 5.69 Å². The molecule has 1 aromatic rings. The van der Waals surface area contributed by atoms with Gasteiger partial charge in [-0.05, 0) is 37.5 Å². The molecule has 1 aromatic carbocycles.